The fourth-order valence-corrected chi connectivity index (χ4v) is 3.36. The molecular weight excluding hydrogens is 401 g/mol. The summed E-state index contributed by atoms with van der Waals surface area (Å²) in [4.78, 5) is 18.5. The van der Waals surface area contributed by atoms with Gasteiger partial charge in [-0.1, -0.05) is 27.2 Å². The first-order valence-electron chi connectivity index (χ1n) is 8.17. The van der Waals surface area contributed by atoms with Gasteiger partial charge in [-0.25, -0.2) is 4.39 Å². The predicted octanol–water partition coefficient (Wildman–Crippen LogP) is 4.47. The van der Waals surface area contributed by atoms with Gasteiger partial charge < -0.3 is 9.42 Å². The second-order valence-electron chi connectivity index (χ2n) is 6.30. The van der Waals surface area contributed by atoms with Crippen molar-refractivity contribution in [2.45, 2.75) is 19.3 Å². The molecule has 0 N–H and O–H groups in total. The van der Waals surface area contributed by atoms with Crippen LogP contribution in [0.5, 0.6) is 0 Å². The van der Waals surface area contributed by atoms with Crippen LogP contribution in [0.2, 0.25) is 0 Å². The number of nitrogens with zero attached hydrogens (tertiary/aromatic N) is 3. The monoisotopic (exact) mass is 415 g/mol. The summed E-state index contributed by atoms with van der Waals surface area (Å²) in [7, 11) is 0. The molecule has 0 saturated carbocycles. The summed E-state index contributed by atoms with van der Waals surface area (Å²) in [6.45, 7) is 2.25. The molecule has 3 aromatic rings. The minimum atomic E-state index is -0.364. The number of amides is 1. The zero-order valence-corrected chi connectivity index (χ0v) is 15.5. The van der Waals surface area contributed by atoms with E-state index in [1.54, 1.807) is 11.0 Å². The molecule has 1 unspecified atom stereocenters. The van der Waals surface area contributed by atoms with E-state index in [1.807, 2.05) is 31.2 Å². The van der Waals surface area contributed by atoms with Crippen molar-refractivity contribution in [3.63, 3.8) is 0 Å². The largest absolute Gasteiger partial charge is 0.339 e. The van der Waals surface area contributed by atoms with E-state index in [0.29, 0.717) is 23.9 Å². The van der Waals surface area contributed by atoms with Crippen LogP contribution in [0, 0.1) is 12.7 Å². The summed E-state index contributed by atoms with van der Waals surface area (Å²) in [6, 6.07) is 12.0. The van der Waals surface area contributed by atoms with E-state index in [-0.39, 0.29) is 24.1 Å². The molecule has 0 radical (unpaired) electrons. The fourth-order valence-electron chi connectivity index (χ4n) is 3.10. The van der Waals surface area contributed by atoms with E-state index in [4.69, 9.17) is 4.52 Å². The van der Waals surface area contributed by atoms with Gasteiger partial charge in [-0.15, -0.1) is 0 Å². The molecule has 7 heteroatoms. The van der Waals surface area contributed by atoms with Crippen LogP contribution in [-0.4, -0.2) is 22.6 Å². The normalized spacial score (nSPS) is 17.1. The summed E-state index contributed by atoms with van der Waals surface area (Å²) in [5.74, 6) is 0.263. The van der Waals surface area contributed by atoms with Crippen LogP contribution in [0.15, 0.2) is 51.5 Å². The SMILES string of the molecule is Cc1ccc(F)cc1N1CC(c2nc(-c3ccc(Br)cc3)no2)CC1=O. The molecule has 0 aliphatic carbocycles. The molecule has 1 aliphatic heterocycles. The second kappa shape index (κ2) is 6.64. The van der Waals surface area contributed by atoms with Crippen molar-refractivity contribution in [3.8, 4) is 11.4 Å². The number of hydrogen-bond donors (Lipinski definition) is 0. The highest BCUT2D eigenvalue weighted by Gasteiger charge is 2.35. The zero-order chi connectivity index (χ0) is 18.3. The Morgan fingerprint density at radius 3 is 2.77 bits per heavy atom. The van der Waals surface area contributed by atoms with Crippen LogP contribution in [-0.2, 0) is 4.79 Å². The molecule has 0 bridgehead atoms. The number of rotatable bonds is 3. The molecular formula is C19H15BrFN3O2. The first kappa shape index (κ1) is 16.9. The van der Waals surface area contributed by atoms with Gasteiger partial charge >= 0.3 is 0 Å². The minimum absolute atomic E-state index is 0.0768. The average Bonchev–Trinajstić information content (AvgIpc) is 3.25. The van der Waals surface area contributed by atoms with Crippen LogP contribution in [0.1, 0.15) is 23.8 Å². The van der Waals surface area contributed by atoms with Gasteiger partial charge in [0.1, 0.15) is 5.82 Å². The summed E-state index contributed by atoms with van der Waals surface area (Å²) in [5, 5.41) is 4.02. The first-order chi connectivity index (χ1) is 12.5. The third-order valence-corrected chi connectivity index (χ3v) is 5.01. The van der Waals surface area contributed by atoms with Crippen LogP contribution >= 0.6 is 15.9 Å². The van der Waals surface area contributed by atoms with Crippen molar-refractivity contribution in [3.05, 3.63) is 64.2 Å². The predicted molar refractivity (Wildman–Crippen MR) is 98.3 cm³/mol. The smallest absolute Gasteiger partial charge is 0.232 e. The fraction of sp³-hybridized carbons (Fsp3) is 0.211. The Kier molecular flexibility index (Phi) is 4.32. The van der Waals surface area contributed by atoms with Crippen LogP contribution in [0.4, 0.5) is 10.1 Å². The third kappa shape index (κ3) is 3.14. The maximum absolute atomic E-state index is 13.6. The van der Waals surface area contributed by atoms with Crippen LogP contribution < -0.4 is 4.90 Å². The van der Waals surface area contributed by atoms with E-state index < -0.39 is 0 Å². The molecule has 26 heavy (non-hydrogen) atoms. The van der Waals surface area contributed by atoms with Crippen molar-refractivity contribution >= 4 is 27.5 Å². The molecule has 4 rings (SSSR count). The number of aromatic nitrogens is 2. The highest BCUT2D eigenvalue weighted by atomic mass is 79.9. The molecule has 132 valence electrons. The van der Waals surface area contributed by atoms with E-state index in [9.17, 15) is 9.18 Å². The molecule has 5 nitrogen and oxygen atoms in total. The lowest BCUT2D eigenvalue weighted by Crippen LogP contribution is -2.25. The van der Waals surface area contributed by atoms with E-state index in [0.717, 1.165) is 15.6 Å². The lowest BCUT2D eigenvalue weighted by molar-refractivity contribution is -0.117. The van der Waals surface area contributed by atoms with Gasteiger partial charge in [0.25, 0.3) is 0 Å². The number of aryl methyl sites for hydroxylation is 1. The van der Waals surface area contributed by atoms with Crippen molar-refractivity contribution in [2.75, 3.05) is 11.4 Å². The summed E-state index contributed by atoms with van der Waals surface area (Å²) < 4.78 is 19.9. The van der Waals surface area contributed by atoms with Gasteiger partial charge in [-0.05, 0) is 48.9 Å². The highest BCUT2D eigenvalue weighted by Crippen LogP contribution is 2.33. The maximum Gasteiger partial charge on any atom is 0.232 e. The van der Waals surface area contributed by atoms with E-state index in [1.165, 1.54) is 12.1 Å². The van der Waals surface area contributed by atoms with Crippen molar-refractivity contribution in [1.82, 2.24) is 10.1 Å². The van der Waals surface area contributed by atoms with Gasteiger partial charge in [0.15, 0.2) is 0 Å². The number of carbonyl (C=O) groups excluding carboxylic acids is 1. The Morgan fingerprint density at radius 2 is 2.00 bits per heavy atom. The number of anilines is 1. The number of benzene rings is 2. The molecule has 1 aromatic heterocycles. The average molecular weight is 416 g/mol. The topological polar surface area (TPSA) is 59.2 Å². The van der Waals surface area contributed by atoms with Gasteiger partial charge in [-0.2, -0.15) is 4.98 Å². The van der Waals surface area contributed by atoms with Gasteiger partial charge in [0.2, 0.25) is 17.6 Å². The quantitative estimate of drug-likeness (QED) is 0.633. The van der Waals surface area contributed by atoms with Crippen LogP contribution in [0.3, 0.4) is 0 Å². The minimum Gasteiger partial charge on any atom is -0.339 e. The standard InChI is InChI=1S/C19H15BrFN3O2/c1-11-2-7-15(21)9-16(11)24-10-13(8-17(24)25)19-22-18(23-26-19)12-3-5-14(20)6-4-12/h2-7,9,13H,8,10H2,1H3. The van der Waals surface area contributed by atoms with Crippen molar-refractivity contribution in [2.24, 2.45) is 0 Å². The third-order valence-electron chi connectivity index (χ3n) is 4.48. The van der Waals surface area contributed by atoms with Crippen molar-refractivity contribution in [1.29, 1.82) is 0 Å². The first-order valence-corrected chi connectivity index (χ1v) is 8.96. The van der Waals surface area contributed by atoms with Gasteiger partial charge in [0, 0.05) is 28.7 Å². The van der Waals surface area contributed by atoms with Gasteiger partial charge in [0.05, 0.1) is 5.92 Å². The zero-order valence-electron chi connectivity index (χ0n) is 13.9. The maximum atomic E-state index is 13.6. The Hall–Kier alpha value is -2.54. The molecule has 1 atom stereocenters. The number of carbonyl (C=O) groups is 1. The van der Waals surface area contributed by atoms with E-state index >= 15 is 0 Å². The molecule has 2 aromatic carbocycles. The molecule has 1 aliphatic rings. The Balaban J connectivity index is 1.58. The molecule has 1 saturated heterocycles. The van der Waals surface area contributed by atoms with Gasteiger partial charge in [-0.3, -0.25) is 4.79 Å². The molecule has 1 amide bonds. The second-order valence-corrected chi connectivity index (χ2v) is 7.21. The lowest BCUT2D eigenvalue weighted by Gasteiger charge is -2.18. The van der Waals surface area contributed by atoms with Crippen LogP contribution in [0.25, 0.3) is 11.4 Å². The molecule has 2 heterocycles. The lowest BCUT2D eigenvalue weighted by atomic mass is 10.1. The molecule has 0 spiro atoms. The van der Waals surface area contributed by atoms with Crippen molar-refractivity contribution < 1.29 is 13.7 Å². The Morgan fingerprint density at radius 1 is 1.23 bits per heavy atom. The number of hydrogen-bond acceptors (Lipinski definition) is 4. The molecule has 1 fully saturated rings. The highest BCUT2D eigenvalue weighted by molar-refractivity contribution is 9.10. The summed E-state index contributed by atoms with van der Waals surface area (Å²) >= 11 is 3.39. The van der Waals surface area contributed by atoms with E-state index in [2.05, 4.69) is 26.1 Å². The number of halogens is 2. The Bertz CT molecular complexity index is 971. The Labute approximate surface area is 158 Å². The summed E-state index contributed by atoms with van der Waals surface area (Å²) in [5.41, 5.74) is 2.27. The summed E-state index contributed by atoms with van der Waals surface area (Å²) in [6.07, 6.45) is 0.262.